The van der Waals surface area contributed by atoms with Gasteiger partial charge in [0.2, 0.25) is 0 Å². The van der Waals surface area contributed by atoms with Gasteiger partial charge in [-0.2, -0.15) is 0 Å². The van der Waals surface area contributed by atoms with Gasteiger partial charge in [-0.25, -0.2) is 4.79 Å². The summed E-state index contributed by atoms with van der Waals surface area (Å²) in [5.74, 6) is 0.138. The molecule has 0 radical (unpaired) electrons. The van der Waals surface area contributed by atoms with Crippen molar-refractivity contribution in [3.05, 3.63) is 64.7 Å². The van der Waals surface area contributed by atoms with Gasteiger partial charge in [-0.15, -0.1) is 0 Å². The minimum Gasteiger partial charge on any atom is -0.493 e. The standard InChI is InChI=1S/C20H20O4/c1-3-10-23-18-9-8-13(2)11-16(18)17(21)12-19-14-6-4-5-7-15(14)20(22)24-19/h4-9,11,19H,3,10,12H2,1-2H3. The maximum atomic E-state index is 12.8. The van der Waals surface area contributed by atoms with Crippen molar-refractivity contribution in [2.45, 2.75) is 32.8 Å². The quantitative estimate of drug-likeness (QED) is 0.588. The van der Waals surface area contributed by atoms with Crippen LogP contribution in [0.25, 0.3) is 0 Å². The summed E-state index contributed by atoms with van der Waals surface area (Å²) in [6.45, 7) is 4.51. The lowest BCUT2D eigenvalue weighted by molar-refractivity contribution is 0.0367. The summed E-state index contributed by atoms with van der Waals surface area (Å²) in [5, 5.41) is 0. The summed E-state index contributed by atoms with van der Waals surface area (Å²) in [7, 11) is 0. The van der Waals surface area contributed by atoms with E-state index in [4.69, 9.17) is 9.47 Å². The van der Waals surface area contributed by atoms with Crippen LogP contribution in [0.3, 0.4) is 0 Å². The molecule has 2 aromatic carbocycles. The van der Waals surface area contributed by atoms with Crippen LogP contribution in [-0.4, -0.2) is 18.4 Å². The zero-order valence-corrected chi connectivity index (χ0v) is 13.9. The van der Waals surface area contributed by atoms with Crippen molar-refractivity contribution < 1.29 is 19.1 Å². The molecule has 1 aliphatic heterocycles. The number of cyclic esters (lactones) is 1. The minimum absolute atomic E-state index is 0.0840. The lowest BCUT2D eigenvalue weighted by atomic mass is 9.97. The number of hydrogen-bond acceptors (Lipinski definition) is 4. The third kappa shape index (κ3) is 3.18. The Morgan fingerprint density at radius 2 is 2.00 bits per heavy atom. The van der Waals surface area contributed by atoms with Gasteiger partial charge in [-0.1, -0.05) is 36.8 Å². The molecule has 0 bridgehead atoms. The summed E-state index contributed by atoms with van der Waals surface area (Å²) in [5.41, 5.74) is 2.86. The van der Waals surface area contributed by atoms with E-state index in [1.807, 2.05) is 44.2 Å². The highest BCUT2D eigenvalue weighted by Gasteiger charge is 2.32. The Labute approximate surface area is 141 Å². The summed E-state index contributed by atoms with van der Waals surface area (Å²) in [4.78, 5) is 24.7. The number of hydrogen-bond donors (Lipinski definition) is 0. The monoisotopic (exact) mass is 324 g/mol. The van der Waals surface area contributed by atoms with Gasteiger partial charge in [0.15, 0.2) is 5.78 Å². The van der Waals surface area contributed by atoms with Crippen LogP contribution in [0.1, 0.15) is 57.7 Å². The van der Waals surface area contributed by atoms with Crippen molar-refractivity contribution in [2.24, 2.45) is 0 Å². The van der Waals surface area contributed by atoms with Gasteiger partial charge in [0.05, 0.1) is 24.2 Å². The fraction of sp³-hybridized carbons (Fsp3) is 0.300. The third-order valence-corrected chi connectivity index (χ3v) is 4.04. The van der Waals surface area contributed by atoms with Gasteiger partial charge in [0.25, 0.3) is 0 Å². The molecule has 124 valence electrons. The fourth-order valence-corrected chi connectivity index (χ4v) is 2.85. The minimum atomic E-state index is -0.527. The molecule has 4 nitrogen and oxygen atoms in total. The van der Waals surface area contributed by atoms with Crippen molar-refractivity contribution in [2.75, 3.05) is 6.61 Å². The van der Waals surface area contributed by atoms with Crippen LogP contribution in [0.2, 0.25) is 0 Å². The molecule has 0 saturated carbocycles. The Bertz CT molecular complexity index is 779. The lowest BCUT2D eigenvalue weighted by Crippen LogP contribution is -2.10. The second-order valence-corrected chi connectivity index (χ2v) is 5.96. The summed E-state index contributed by atoms with van der Waals surface area (Å²) < 4.78 is 11.1. The number of fused-ring (bicyclic) bond motifs is 1. The van der Waals surface area contributed by atoms with Crippen LogP contribution in [0.5, 0.6) is 5.75 Å². The van der Waals surface area contributed by atoms with Crippen molar-refractivity contribution in [1.82, 2.24) is 0 Å². The van der Waals surface area contributed by atoms with Crippen molar-refractivity contribution in [3.8, 4) is 5.75 Å². The Hall–Kier alpha value is -2.62. The first-order valence-electron chi connectivity index (χ1n) is 8.16. The molecular weight excluding hydrogens is 304 g/mol. The molecule has 2 aromatic rings. The van der Waals surface area contributed by atoms with Gasteiger partial charge in [0.1, 0.15) is 11.9 Å². The number of Topliss-reactive ketones (excluding diaryl/α,β-unsaturated/α-hetero) is 1. The van der Waals surface area contributed by atoms with E-state index in [1.54, 1.807) is 12.1 Å². The van der Waals surface area contributed by atoms with E-state index >= 15 is 0 Å². The largest absolute Gasteiger partial charge is 0.493 e. The highest BCUT2D eigenvalue weighted by Crippen LogP contribution is 2.34. The Balaban J connectivity index is 1.83. The molecule has 24 heavy (non-hydrogen) atoms. The molecule has 0 spiro atoms. The molecule has 1 atom stereocenters. The summed E-state index contributed by atoms with van der Waals surface area (Å²) in [6, 6.07) is 12.8. The number of carbonyl (C=O) groups excluding carboxylic acids is 2. The van der Waals surface area contributed by atoms with Gasteiger partial charge in [-0.05, 0) is 31.5 Å². The number of aryl methyl sites for hydroxylation is 1. The lowest BCUT2D eigenvalue weighted by Gasteiger charge is -2.14. The average Bonchev–Trinajstić information content (AvgIpc) is 2.90. The van der Waals surface area contributed by atoms with E-state index < -0.39 is 6.10 Å². The van der Waals surface area contributed by atoms with Gasteiger partial charge in [-0.3, -0.25) is 4.79 Å². The molecule has 4 heteroatoms. The maximum Gasteiger partial charge on any atom is 0.339 e. The van der Waals surface area contributed by atoms with E-state index in [2.05, 4.69) is 0 Å². The number of esters is 1. The molecule has 0 aliphatic carbocycles. The third-order valence-electron chi connectivity index (χ3n) is 4.04. The summed E-state index contributed by atoms with van der Waals surface area (Å²) >= 11 is 0. The first-order valence-corrected chi connectivity index (χ1v) is 8.16. The fourth-order valence-electron chi connectivity index (χ4n) is 2.85. The number of benzene rings is 2. The van der Waals surface area contributed by atoms with Crippen LogP contribution in [0.15, 0.2) is 42.5 Å². The van der Waals surface area contributed by atoms with E-state index in [1.165, 1.54) is 0 Å². The van der Waals surface area contributed by atoms with Crippen LogP contribution in [0.4, 0.5) is 0 Å². The highest BCUT2D eigenvalue weighted by molar-refractivity contribution is 6.00. The zero-order valence-electron chi connectivity index (χ0n) is 13.9. The molecule has 0 aromatic heterocycles. The van der Waals surface area contributed by atoms with E-state index in [0.29, 0.717) is 23.5 Å². The first kappa shape index (κ1) is 16.2. The van der Waals surface area contributed by atoms with E-state index in [9.17, 15) is 9.59 Å². The van der Waals surface area contributed by atoms with Crippen LogP contribution < -0.4 is 4.74 Å². The number of carbonyl (C=O) groups is 2. The van der Waals surface area contributed by atoms with Gasteiger partial charge >= 0.3 is 5.97 Å². The predicted molar refractivity (Wildman–Crippen MR) is 90.5 cm³/mol. The Morgan fingerprint density at radius 1 is 1.21 bits per heavy atom. The molecule has 0 fully saturated rings. The number of ether oxygens (including phenoxy) is 2. The van der Waals surface area contributed by atoms with Crippen molar-refractivity contribution >= 4 is 11.8 Å². The SMILES string of the molecule is CCCOc1ccc(C)cc1C(=O)CC1OC(=O)c2ccccc21. The average molecular weight is 324 g/mol. The molecule has 0 amide bonds. The molecule has 0 N–H and O–H groups in total. The zero-order chi connectivity index (χ0) is 17.1. The molecule has 1 unspecified atom stereocenters. The summed E-state index contributed by atoms with van der Waals surface area (Å²) in [6.07, 6.45) is 0.463. The highest BCUT2D eigenvalue weighted by atomic mass is 16.5. The molecule has 1 aliphatic rings. The Kier molecular flexibility index (Phi) is 4.65. The van der Waals surface area contributed by atoms with Crippen LogP contribution in [-0.2, 0) is 4.74 Å². The first-order chi connectivity index (χ1) is 11.6. The van der Waals surface area contributed by atoms with Crippen LogP contribution in [0, 0.1) is 6.92 Å². The maximum absolute atomic E-state index is 12.8. The van der Waals surface area contributed by atoms with Gasteiger partial charge in [0, 0.05) is 5.56 Å². The van der Waals surface area contributed by atoms with Crippen molar-refractivity contribution in [1.29, 1.82) is 0 Å². The second kappa shape index (κ2) is 6.87. The topological polar surface area (TPSA) is 52.6 Å². The van der Waals surface area contributed by atoms with E-state index in [-0.39, 0.29) is 18.2 Å². The Morgan fingerprint density at radius 3 is 2.79 bits per heavy atom. The van der Waals surface area contributed by atoms with Crippen LogP contribution >= 0.6 is 0 Å². The molecule has 1 heterocycles. The molecular formula is C20H20O4. The molecule has 3 rings (SSSR count). The number of rotatable bonds is 6. The van der Waals surface area contributed by atoms with Gasteiger partial charge < -0.3 is 9.47 Å². The molecule has 0 saturated heterocycles. The predicted octanol–water partition coefficient (Wildman–Crippen LogP) is 4.27. The normalized spacial score (nSPS) is 15.8. The van der Waals surface area contributed by atoms with E-state index in [0.717, 1.165) is 17.5 Å². The second-order valence-electron chi connectivity index (χ2n) is 5.96. The van der Waals surface area contributed by atoms with Crippen molar-refractivity contribution in [3.63, 3.8) is 0 Å². The smallest absolute Gasteiger partial charge is 0.339 e. The number of ketones is 1.